The molecule has 0 N–H and O–H groups in total. The standard InChI is InChI=1S/C13H9F4NO4/c1-21-12-10(16)8(14)6(9(15)11(12)17)2-3-7(19)18-4-5-22-13(18)20/h2-3H,4-5H2,1H3/b3-2+. The molecule has 0 bridgehead atoms. The monoisotopic (exact) mass is 319 g/mol. The zero-order valence-electron chi connectivity index (χ0n) is 11.2. The third-order valence-electron chi connectivity index (χ3n) is 2.88. The van der Waals surface area contributed by atoms with Crippen LogP contribution in [0.15, 0.2) is 6.08 Å². The number of benzene rings is 1. The third kappa shape index (κ3) is 2.61. The quantitative estimate of drug-likeness (QED) is 0.487. The number of imide groups is 1. The van der Waals surface area contributed by atoms with Crippen molar-refractivity contribution in [3.8, 4) is 5.75 Å². The molecule has 2 amide bonds. The van der Waals surface area contributed by atoms with Gasteiger partial charge in [-0.1, -0.05) is 0 Å². The second-order valence-electron chi connectivity index (χ2n) is 4.14. The maximum Gasteiger partial charge on any atom is 0.416 e. The molecule has 0 spiro atoms. The minimum atomic E-state index is -1.73. The van der Waals surface area contributed by atoms with Gasteiger partial charge in [-0.25, -0.2) is 18.5 Å². The summed E-state index contributed by atoms with van der Waals surface area (Å²) in [5.74, 6) is -9.03. The molecule has 1 aromatic carbocycles. The van der Waals surface area contributed by atoms with Crippen molar-refractivity contribution in [2.75, 3.05) is 20.3 Å². The van der Waals surface area contributed by atoms with E-state index in [9.17, 15) is 27.2 Å². The Morgan fingerprint density at radius 1 is 1.18 bits per heavy atom. The molecule has 2 rings (SSSR count). The highest BCUT2D eigenvalue weighted by Gasteiger charge is 2.28. The van der Waals surface area contributed by atoms with E-state index in [-0.39, 0.29) is 13.2 Å². The van der Waals surface area contributed by atoms with Crippen LogP contribution >= 0.6 is 0 Å². The summed E-state index contributed by atoms with van der Waals surface area (Å²) < 4.78 is 63.0. The lowest BCUT2D eigenvalue weighted by molar-refractivity contribution is -0.122. The molecule has 118 valence electrons. The summed E-state index contributed by atoms with van der Waals surface area (Å²) in [5, 5.41) is 0. The number of amides is 2. The number of ether oxygens (including phenoxy) is 2. The molecule has 1 aliphatic heterocycles. The zero-order chi connectivity index (χ0) is 16.4. The van der Waals surface area contributed by atoms with Gasteiger partial charge in [-0.15, -0.1) is 0 Å². The number of hydrogen-bond donors (Lipinski definition) is 0. The summed E-state index contributed by atoms with van der Waals surface area (Å²) in [5.41, 5.74) is -1.10. The smallest absolute Gasteiger partial charge is 0.416 e. The molecule has 1 saturated heterocycles. The van der Waals surface area contributed by atoms with Crippen molar-refractivity contribution in [2.24, 2.45) is 0 Å². The Morgan fingerprint density at radius 2 is 1.77 bits per heavy atom. The van der Waals surface area contributed by atoms with E-state index >= 15 is 0 Å². The summed E-state index contributed by atoms with van der Waals surface area (Å²) in [6.45, 7) is -0.0365. The van der Waals surface area contributed by atoms with Gasteiger partial charge in [0.25, 0.3) is 5.91 Å². The highest BCUT2D eigenvalue weighted by Crippen LogP contribution is 2.30. The van der Waals surface area contributed by atoms with E-state index < -0.39 is 46.6 Å². The Labute approximate surface area is 121 Å². The summed E-state index contributed by atoms with van der Waals surface area (Å²) in [6.07, 6.45) is 0.228. The van der Waals surface area contributed by atoms with Gasteiger partial charge in [0, 0.05) is 6.08 Å². The van der Waals surface area contributed by atoms with Crippen molar-refractivity contribution in [2.45, 2.75) is 0 Å². The summed E-state index contributed by atoms with van der Waals surface area (Å²) in [6, 6.07) is 0. The first-order chi connectivity index (χ1) is 10.4. The van der Waals surface area contributed by atoms with E-state index in [0.717, 1.165) is 7.11 Å². The number of nitrogens with zero attached hydrogens (tertiary/aromatic N) is 1. The molecule has 1 aliphatic rings. The Bertz CT molecular complexity index is 645. The lowest BCUT2D eigenvalue weighted by atomic mass is 10.1. The van der Waals surface area contributed by atoms with Crippen molar-refractivity contribution in [3.63, 3.8) is 0 Å². The minimum Gasteiger partial charge on any atom is -0.491 e. The van der Waals surface area contributed by atoms with Crippen LogP contribution < -0.4 is 4.74 Å². The van der Waals surface area contributed by atoms with Crippen molar-refractivity contribution >= 4 is 18.1 Å². The maximum atomic E-state index is 13.7. The average Bonchev–Trinajstić information content (AvgIpc) is 2.92. The first kappa shape index (κ1) is 15.8. The van der Waals surface area contributed by atoms with Crippen molar-refractivity contribution in [1.29, 1.82) is 0 Å². The summed E-state index contributed by atoms with van der Waals surface area (Å²) in [4.78, 5) is 23.4. The van der Waals surface area contributed by atoms with Gasteiger partial charge < -0.3 is 9.47 Å². The Balaban J connectivity index is 2.35. The highest BCUT2D eigenvalue weighted by atomic mass is 19.2. The number of rotatable bonds is 3. The van der Waals surface area contributed by atoms with Gasteiger partial charge >= 0.3 is 6.09 Å². The molecule has 1 aromatic rings. The molecule has 0 saturated carbocycles. The van der Waals surface area contributed by atoms with Crippen LogP contribution in [0, 0.1) is 23.3 Å². The first-order valence-electron chi connectivity index (χ1n) is 5.94. The molecule has 0 unspecified atom stereocenters. The molecular weight excluding hydrogens is 310 g/mol. The van der Waals surface area contributed by atoms with Crippen molar-refractivity contribution < 1.29 is 36.6 Å². The Kier molecular flexibility index (Phi) is 4.34. The number of cyclic esters (lactones) is 1. The Morgan fingerprint density at radius 3 is 2.23 bits per heavy atom. The van der Waals surface area contributed by atoms with Crippen LogP contribution in [0.1, 0.15) is 5.56 Å². The van der Waals surface area contributed by atoms with Crippen LogP contribution in [0.25, 0.3) is 6.08 Å². The van der Waals surface area contributed by atoms with Crippen molar-refractivity contribution in [1.82, 2.24) is 4.90 Å². The largest absolute Gasteiger partial charge is 0.491 e. The van der Waals surface area contributed by atoms with Gasteiger partial charge in [0.2, 0.25) is 11.6 Å². The summed E-state index contributed by atoms with van der Waals surface area (Å²) >= 11 is 0. The van der Waals surface area contributed by atoms with Crippen LogP contribution in [-0.4, -0.2) is 37.2 Å². The predicted octanol–water partition coefficient (Wildman–Crippen LogP) is 2.24. The fraction of sp³-hybridized carbons (Fsp3) is 0.231. The van der Waals surface area contributed by atoms with Crippen LogP contribution in [0.3, 0.4) is 0 Å². The van der Waals surface area contributed by atoms with Gasteiger partial charge in [0.1, 0.15) is 6.61 Å². The molecule has 1 heterocycles. The van der Waals surface area contributed by atoms with E-state index in [4.69, 9.17) is 0 Å². The molecule has 0 atom stereocenters. The molecule has 0 aromatic heterocycles. The topological polar surface area (TPSA) is 55.8 Å². The number of hydrogen-bond acceptors (Lipinski definition) is 4. The van der Waals surface area contributed by atoms with E-state index in [1.165, 1.54) is 0 Å². The van der Waals surface area contributed by atoms with Gasteiger partial charge in [0.05, 0.1) is 19.2 Å². The minimum absolute atomic E-state index is 0.00702. The van der Waals surface area contributed by atoms with Gasteiger partial charge in [-0.2, -0.15) is 8.78 Å². The zero-order valence-corrected chi connectivity index (χ0v) is 11.2. The summed E-state index contributed by atoms with van der Waals surface area (Å²) in [7, 11) is 0.846. The normalized spacial score (nSPS) is 14.6. The molecule has 5 nitrogen and oxygen atoms in total. The average molecular weight is 319 g/mol. The highest BCUT2D eigenvalue weighted by molar-refractivity contribution is 6.01. The van der Waals surface area contributed by atoms with Gasteiger partial charge in [-0.3, -0.25) is 4.79 Å². The number of methoxy groups -OCH3 is 1. The van der Waals surface area contributed by atoms with Crippen LogP contribution in [-0.2, 0) is 9.53 Å². The Hall–Kier alpha value is -2.58. The fourth-order valence-electron chi connectivity index (χ4n) is 1.79. The number of carbonyl (C=O) groups excluding carboxylic acids is 2. The molecule has 22 heavy (non-hydrogen) atoms. The van der Waals surface area contributed by atoms with E-state index in [0.29, 0.717) is 17.1 Å². The predicted molar refractivity (Wildman–Crippen MR) is 64.9 cm³/mol. The number of halogens is 4. The van der Waals surface area contributed by atoms with Crippen LogP contribution in [0.2, 0.25) is 0 Å². The first-order valence-corrected chi connectivity index (χ1v) is 5.94. The third-order valence-corrected chi connectivity index (χ3v) is 2.88. The van der Waals surface area contributed by atoms with Crippen LogP contribution in [0.5, 0.6) is 5.75 Å². The molecule has 1 fully saturated rings. The SMILES string of the molecule is COc1c(F)c(F)c(/C=C/C(=O)N2CCOC2=O)c(F)c1F. The lowest BCUT2D eigenvalue weighted by Crippen LogP contribution is -2.29. The van der Waals surface area contributed by atoms with E-state index in [1.54, 1.807) is 0 Å². The fourth-order valence-corrected chi connectivity index (χ4v) is 1.79. The van der Waals surface area contributed by atoms with Crippen LogP contribution in [0.4, 0.5) is 22.4 Å². The maximum absolute atomic E-state index is 13.7. The second-order valence-corrected chi connectivity index (χ2v) is 4.14. The molecule has 9 heteroatoms. The second kappa shape index (κ2) is 6.04. The number of carbonyl (C=O) groups is 2. The van der Waals surface area contributed by atoms with Gasteiger partial charge in [-0.05, 0) is 6.08 Å². The molecular formula is C13H9F4NO4. The van der Waals surface area contributed by atoms with Gasteiger partial charge in [0.15, 0.2) is 17.4 Å². The lowest BCUT2D eigenvalue weighted by Gasteiger charge is -2.09. The van der Waals surface area contributed by atoms with Crippen molar-refractivity contribution in [3.05, 3.63) is 34.9 Å². The van der Waals surface area contributed by atoms with E-state index in [1.807, 2.05) is 0 Å². The van der Waals surface area contributed by atoms with E-state index in [2.05, 4.69) is 9.47 Å². The molecule has 0 aliphatic carbocycles. The molecule has 0 radical (unpaired) electrons.